The molecular weight excluding hydrogens is 441 g/mol. The molecular formula is C26H31F3N4O. The molecule has 0 unspecified atom stereocenters. The van der Waals surface area contributed by atoms with Crippen molar-refractivity contribution in [1.29, 1.82) is 0 Å². The van der Waals surface area contributed by atoms with Gasteiger partial charge in [-0.3, -0.25) is 4.79 Å². The van der Waals surface area contributed by atoms with Gasteiger partial charge >= 0.3 is 6.18 Å². The van der Waals surface area contributed by atoms with E-state index < -0.39 is 11.7 Å². The molecule has 1 aromatic heterocycles. The first-order valence-electron chi connectivity index (χ1n) is 11.3. The van der Waals surface area contributed by atoms with Crippen LogP contribution in [0.15, 0.2) is 54.6 Å². The van der Waals surface area contributed by atoms with Gasteiger partial charge in [0.25, 0.3) is 5.91 Å². The molecule has 0 atom stereocenters. The maximum Gasteiger partial charge on any atom is 0.416 e. The summed E-state index contributed by atoms with van der Waals surface area (Å²) in [7, 11) is 1.58. The summed E-state index contributed by atoms with van der Waals surface area (Å²) in [4.78, 5) is 13.0. The van der Waals surface area contributed by atoms with Crippen LogP contribution in [0, 0.1) is 5.92 Å². The van der Waals surface area contributed by atoms with Crippen LogP contribution in [0.5, 0.6) is 0 Å². The molecule has 3 N–H and O–H groups in total. The molecule has 34 heavy (non-hydrogen) atoms. The monoisotopic (exact) mass is 472 g/mol. The van der Waals surface area contributed by atoms with Crippen LogP contribution in [0.4, 0.5) is 30.4 Å². The van der Waals surface area contributed by atoms with E-state index in [2.05, 4.69) is 29.8 Å². The Bertz CT molecular complexity index is 1100. The number of amides is 1. The van der Waals surface area contributed by atoms with E-state index in [0.29, 0.717) is 42.4 Å². The SMILES string of the molecule is CCc1c(NCC(C)C)c(C(=O)NC)c(Nc2ccccc2)n1Cc1ccc(C(F)(F)F)cc1. The second-order valence-corrected chi connectivity index (χ2v) is 8.52. The summed E-state index contributed by atoms with van der Waals surface area (Å²) in [6.45, 7) is 7.15. The van der Waals surface area contributed by atoms with Crippen LogP contribution < -0.4 is 16.0 Å². The Morgan fingerprint density at radius 2 is 1.68 bits per heavy atom. The highest BCUT2D eigenvalue weighted by molar-refractivity contribution is 6.06. The first kappa shape index (κ1) is 25.2. The maximum atomic E-state index is 13.0. The summed E-state index contributed by atoms with van der Waals surface area (Å²) >= 11 is 0. The molecule has 1 amide bonds. The lowest BCUT2D eigenvalue weighted by Crippen LogP contribution is -2.21. The third-order valence-corrected chi connectivity index (χ3v) is 5.51. The van der Waals surface area contributed by atoms with Gasteiger partial charge in [-0.2, -0.15) is 13.2 Å². The summed E-state index contributed by atoms with van der Waals surface area (Å²) in [5.74, 6) is 0.699. The predicted molar refractivity (Wildman–Crippen MR) is 131 cm³/mol. The zero-order valence-corrected chi connectivity index (χ0v) is 19.9. The van der Waals surface area contributed by atoms with E-state index in [-0.39, 0.29) is 5.91 Å². The highest BCUT2D eigenvalue weighted by Gasteiger charge is 2.30. The standard InChI is InChI=1S/C26H31F3N4O/c1-5-21-23(31-15-17(2)3)22(25(34)30-4)24(32-20-9-7-6-8-10-20)33(21)16-18-11-13-19(14-12-18)26(27,28)29/h6-14,17,31-32H,5,15-16H2,1-4H3,(H,30,34). The molecule has 0 saturated carbocycles. The van der Waals surface area contributed by atoms with E-state index in [1.807, 2.05) is 41.8 Å². The third-order valence-electron chi connectivity index (χ3n) is 5.51. The number of nitrogens with zero attached hydrogens (tertiary/aromatic N) is 1. The number of para-hydroxylation sites is 1. The van der Waals surface area contributed by atoms with Crippen molar-refractivity contribution in [3.8, 4) is 0 Å². The van der Waals surface area contributed by atoms with E-state index in [1.54, 1.807) is 7.05 Å². The van der Waals surface area contributed by atoms with Crippen LogP contribution in [0.2, 0.25) is 0 Å². The van der Waals surface area contributed by atoms with Gasteiger partial charge in [-0.25, -0.2) is 0 Å². The average Bonchev–Trinajstić information content (AvgIpc) is 3.09. The van der Waals surface area contributed by atoms with Crippen LogP contribution in [0.1, 0.15) is 48.0 Å². The first-order chi connectivity index (χ1) is 16.2. The molecule has 0 aliphatic rings. The summed E-state index contributed by atoms with van der Waals surface area (Å²) < 4.78 is 41.1. The quantitative estimate of drug-likeness (QED) is 0.343. The fourth-order valence-electron chi connectivity index (χ4n) is 3.82. The number of carbonyl (C=O) groups excluding carboxylic acids is 1. The van der Waals surface area contributed by atoms with Crippen molar-refractivity contribution in [2.75, 3.05) is 24.2 Å². The molecule has 0 spiro atoms. The van der Waals surface area contributed by atoms with Crippen molar-refractivity contribution in [3.05, 3.63) is 77.0 Å². The minimum absolute atomic E-state index is 0.245. The lowest BCUT2D eigenvalue weighted by Gasteiger charge is -2.16. The lowest BCUT2D eigenvalue weighted by atomic mass is 10.1. The minimum atomic E-state index is -4.39. The number of hydrogen-bond acceptors (Lipinski definition) is 3. The summed E-state index contributed by atoms with van der Waals surface area (Å²) in [6, 6.07) is 14.6. The van der Waals surface area contributed by atoms with Crippen LogP contribution in [0.3, 0.4) is 0 Å². The van der Waals surface area contributed by atoms with Crippen LogP contribution in [0.25, 0.3) is 0 Å². The Labute approximate surface area is 198 Å². The zero-order valence-electron chi connectivity index (χ0n) is 19.9. The Kier molecular flexibility index (Phi) is 7.91. The Balaban J connectivity index is 2.15. The highest BCUT2D eigenvalue weighted by atomic mass is 19.4. The minimum Gasteiger partial charge on any atom is -0.383 e. The van der Waals surface area contributed by atoms with Crippen molar-refractivity contribution >= 4 is 23.1 Å². The van der Waals surface area contributed by atoms with Gasteiger partial charge in [0.1, 0.15) is 11.4 Å². The fourth-order valence-corrected chi connectivity index (χ4v) is 3.82. The van der Waals surface area contributed by atoms with E-state index in [9.17, 15) is 18.0 Å². The molecule has 2 aromatic carbocycles. The normalized spacial score (nSPS) is 11.5. The zero-order chi connectivity index (χ0) is 24.9. The number of halogens is 3. The Hall–Kier alpha value is -3.42. The number of carbonyl (C=O) groups is 1. The average molecular weight is 473 g/mol. The molecule has 0 fully saturated rings. The number of aromatic nitrogens is 1. The van der Waals surface area contributed by atoms with E-state index >= 15 is 0 Å². The van der Waals surface area contributed by atoms with Crippen molar-refractivity contribution in [3.63, 3.8) is 0 Å². The van der Waals surface area contributed by atoms with Gasteiger partial charge in [0, 0.05) is 31.5 Å². The van der Waals surface area contributed by atoms with Gasteiger partial charge in [-0.1, -0.05) is 51.1 Å². The third kappa shape index (κ3) is 5.73. The summed E-state index contributed by atoms with van der Waals surface area (Å²) in [6.07, 6.45) is -3.76. The second kappa shape index (κ2) is 10.7. The van der Waals surface area contributed by atoms with E-state index in [4.69, 9.17) is 0 Å². The molecule has 8 heteroatoms. The Morgan fingerprint density at radius 3 is 2.21 bits per heavy atom. The van der Waals surface area contributed by atoms with Gasteiger partial charge in [-0.05, 0) is 42.2 Å². The topological polar surface area (TPSA) is 58.1 Å². The second-order valence-electron chi connectivity index (χ2n) is 8.52. The molecule has 0 saturated heterocycles. The number of anilines is 3. The predicted octanol–water partition coefficient (Wildman–Crippen LogP) is 6.29. The molecule has 0 bridgehead atoms. The number of rotatable bonds is 9. The Morgan fingerprint density at radius 1 is 1.03 bits per heavy atom. The van der Waals surface area contributed by atoms with Crippen molar-refractivity contribution in [2.24, 2.45) is 5.92 Å². The highest BCUT2D eigenvalue weighted by Crippen LogP contribution is 2.36. The van der Waals surface area contributed by atoms with Gasteiger partial charge in [0.2, 0.25) is 0 Å². The summed E-state index contributed by atoms with van der Waals surface area (Å²) in [5, 5.41) is 9.55. The number of hydrogen-bond donors (Lipinski definition) is 3. The van der Waals surface area contributed by atoms with Crippen LogP contribution in [-0.4, -0.2) is 24.1 Å². The van der Waals surface area contributed by atoms with Crippen LogP contribution in [-0.2, 0) is 19.1 Å². The van der Waals surface area contributed by atoms with Gasteiger partial charge in [0.05, 0.1) is 11.3 Å². The molecule has 0 radical (unpaired) electrons. The van der Waals surface area contributed by atoms with E-state index in [1.165, 1.54) is 12.1 Å². The molecule has 1 heterocycles. The van der Waals surface area contributed by atoms with Crippen molar-refractivity contribution in [1.82, 2.24) is 9.88 Å². The number of alkyl halides is 3. The lowest BCUT2D eigenvalue weighted by molar-refractivity contribution is -0.137. The molecule has 5 nitrogen and oxygen atoms in total. The molecule has 3 rings (SSSR count). The number of benzene rings is 2. The molecule has 3 aromatic rings. The van der Waals surface area contributed by atoms with Gasteiger partial charge < -0.3 is 20.5 Å². The fraction of sp³-hybridized carbons (Fsp3) is 0.346. The van der Waals surface area contributed by atoms with Crippen molar-refractivity contribution in [2.45, 2.75) is 39.9 Å². The van der Waals surface area contributed by atoms with E-state index in [0.717, 1.165) is 29.2 Å². The molecule has 0 aliphatic carbocycles. The summed E-state index contributed by atoms with van der Waals surface area (Å²) in [5.41, 5.74) is 2.94. The largest absolute Gasteiger partial charge is 0.416 e. The number of nitrogens with one attached hydrogen (secondary N) is 3. The van der Waals surface area contributed by atoms with Crippen LogP contribution >= 0.6 is 0 Å². The smallest absolute Gasteiger partial charge is 0.383 e. The van der Waals surface area contributed by atoms with Crippen molar-refractivity contribution < 1.29 is 18.0 Å². The molecule has 0 aliphatic heterocycles. The molecule has 182 valence electrons. The first-order valence-corrected chi connectivity index (χ1v) is 11.3. The van der Waals surface area contributed by atoms with Gasteiger partial charge in [-0.15, -0.1) is 0 Å². The maximum absolute atomic E-state index is 13.0. The van der Waals surface area contributed by atoms with Gasteiger partial charge in [0.15, 0.2) is 0 Å².